The van der Waals surface area contributed by atoms with Gasteiger partial charge in [0, 0.05) is 38.1 Å². The molecule has 8 heteroatoms. The van der Waals surface area contributed by atoms with Gasteiger partial charge >= 0.3 is 0 Å². The van der Waals surface area contributed by atoms with Gasteiger partial charge in [0.15, 0.2) is 5.82 Å². The normalized spacial score (nSPS) is 14.7. The highest BCUT2D eigenvalue weighted by Gasteiger charge is 2.20. The van der Waals surface area contributed by atoms with Crippen LogP contribution in [0.25, 0.3) is 5.82 Å². The maximum atomic E-state index is 4.77. The van der Waals surface area contributed by atoms with Gasteiger partial charge in [0.2, 0.25) is 0 Å². The molecule has 0 aromatic carbocycles. The summed E-state index contributed by atoms with van der Waals surface area (Å²) >= 11 is 0. The molecule has 0 unspecified atom stereocenters. The quantitative estimate of drug-likeness (QED) is 0.711. The average molecular weight is 350 g/mol. The van der Waals surface area contributed by atoms with Crippen molar-refractivity contribution < 1.29 is 0 Å². The number of aryl methyl sites for hydroxylation is 3. The second kappa shape index (κ2) is 6.70. The summed E-state index contributed by atoms with van der Waals surface area (Å²) in [5, 5.41) is 4.50. The van der Waals surface area contributed by atoms with Crippen LogP contribution >= 0.6 is 0 Å². The fourth-order valence-corrected chi connectivity index (χ4v) is 3.25. The van der Waals surface area contributed by atoms with E-state index in [2.05, 4.69) is 29.9 Å². The Kier molecular flexibility index (Phi) is 4.24. The molecule has 0 spiro atoms. The molecule has 1 aliphatic rings. The molecule has 0 saturated carbocycles. The zero-order valence-corrected chi connectivity index (χ0v) is 15.3. The Morgan fingerprint density at radius 3 is 2.19 bits per heavy atom. The van der Waals surface area contributed by atoms with Crippen LogP contribution in [-0.2, 0) is 0 Å². The van der Waals surface area contributed by atoms with E-state index in [9.17, 15) is 0 Å². The van der Waals surface area contributed by atoms with E-state index in [0.29, 0.717) is 0 Å². The summed E-state index contributed by atoms with van der Waals surface area (Å²) in [7, 11) is 0. The number of nitrogens with zero attached hydrogens (tertiary/aromatic N) is 8. The van der Waals surface area contributed by atoms with Gasteiger partial charge in [0.1, 0.15) is 17.5 Å². The summed E-state index contributed by atoms with van der Waals surface area (Å²) in [6.07, 6.45) is 5.38. The first-order chi connectivity index (χ1) is 12.6. The van der Waals surface area contributed by atoms with Crippen molar-refractivity contribution in [3.05, 3.63) is 47.9 Å². The Morgan fingerprint density at radius 1 is 0.846 bits per heavy atom. The number of hydrogen-bond donors (Lipinski definition) is 0. The maximum Gasteiger partial charge on any atom is 0.174 e. The van der Waals surface area contributed by atoms with E-state index in [1.54, 1.807) is 6.20 Å². The summed E-state index contributed by atoms with van der Waals surface area (Å²) in [5.74, 6) is 3.42. The van der Waals surface area contributed by atoms with E-state index in [-0.39, 0.29) is 0 Å². The van der Waals surface area contributed by atoms with E-state index in [0.717, 1.165) is 60.8 Å². The summed E-state index contributed by atoms with van der Waals surface area (Å²) in [4.78, 5) is 22.4. The Bertz CT molecular complexity index is 911. The van der Waals surface area contributed by atoms with Crippen LogP contribution in [0.4, 0.5) is 11.6 Å². The van der Waals surface area contributed by atoms with Gasteiger partial charge in [-0.3, -0.25) is 4.98 Å². The van der Waals surface area contributed by atoms with Crippen molar-refractivity contribution in [3.8, 4) is 5.82 Å². The molecule has 1 saturated heterocycles. The first-order valence-electron chi connectivity index (χ1n) is 8.75. The highest BCUT2D eigenvalue weighted by molar-refractivity contribution is 5.45. The minimum atomic E-state index is 0.752. The zero-order chi connectivity index (χ0) is 18.1. The van der Waals surface area contributed by atoms with Crippen molar-refractivity contribution in [1.82, 2.24) is 29.7 Å². The molecule has 3 aromatic heterocycles. The van der Waals surface area contributed by atoms with Gasteiger partial charge in [-0.25, -0.2) is 19.6 Å². The van der Waals surface area contributed by atoms with E-state index in [1.807, 2.05) is 50.0 Å². The van der Waals surface area contributed by atoms with Crippen LogP contribution in [0.1, 0.15) is 17.2 Å². The standard InChI is InChI=1S/C18H22N8/c1-13-10-14(2)26(23-13)18-12-19-11-17(22-18)25-8-6-24(7-9-25)16-4-5-20-15(3)21-16/h4-5,10-12H,6-9H2,1-3H3. The number of anilines is 2. The van der Waals surface area contributed by atoms with Gasteiger partial charge in [-0.05, 0) is 32.9 Å². The molecule has 4 heterocycles. The maximum absolute atomic E-state index is 4.77. The van der Waals surface area contributed by atoms with Gasteiger partial charge < -0.3 is 9.80 Å². The van der Waals surface area contributed by atoms with E-state index < -0.39 is 0 Å². The number of rotatable bonds is 3. The largest absolute Gasteiger partial charge is 0.353 e. The van der Waals surface area contributed by atoms with Crippen molar-refractivity contribution in [2.45, 2.75) is 20.8 Å². The molecule has 0 N–H and O–H groups in total. The third kappa shape index (κ3) is 3.22. The molecule has 0 amide bonds. The second-order valence-corrected chi connectivity index (χ2v) is 6.51. The Labute approximate surface area is 152 Å². The lowest BCUT2D eigenvalue weighted by molar-refractivity contribution is 0.637. The monoisotopic (exact) mass is 350 g/mol. The van der Waals surface area contributed by atoms with Gasteiger partial charge in [0.05, 0.1) is 18.1 Å². The van der Waals surface area contributed by atoms with E-state index in [1.165, 1.54) is 0 Å². The predicted octanol–water partition coefficient (Wildman–Crippen LogP) is 1.70. The number of piperazine rings is 1. The fourth-order valence-electron chi connectivity index (χ4n) is 3.25. The van der Waals surface area contributed by atoms with Gasteiger partial charge in [-0.2, -0.15) is 5.10 Å². The van der Waals surface area contributed by atoms with Gasteiger partial charge in [-0.1, -0.05) is 0 Å². The number of hydrogen-bond acceptors (Lipinski definition) is 7. The van der Waals surface area contributed by atoms with E-state index >= 15 is 0 Å². The Balaban J connectivity index is 1.50. The molecule has 0 aliphatic carbocycles. The average Bonchev–Trinajstić information content (AvgIpc) is 3.00. The summed E-state index contributed by atoms with van der Waals surface area (Å²) < 4.78 is 1.84. The minimum absolute atomic E-state index is 0.752. The lowest BCUT2D eigenvalue weighted by atomic mass is 10.3. The fraction of sp³-hybridized carbons (Fsp3) is 0.389. The highest BCUT2D eigenvalue weighted by atomic mass is 15.4. The molecule has 3 aromatic rings. The molecular formula is C18H22N8. The molecule has 4 rings (SSSR count). The minimum Gasteiger partial charge on any atom is -0.353 e. The molecule has 0 atom stereocenters. The first kappa shape index (κ1) is 16.4. The van der Waals surface area contributed by atoms with Crippen molar-refractivity contribution in [2.24, 2.45) is 0 Å². The lowest BCUT2D eigenvalue weighted by Crippen LogP contribution is -2.47. The number of aromatic nitrogens is 6. The lowest BCUT2D eigenvalue weighted by Gasteiger charge is -2.36. The Morgan fingerprint density at radius 2 is 1.54 bits per heavy atom. The summed E-state index contributed by atoms with van der Waals surface area (Å²) in [6, 6.07) is 4.00. The van der Waals surface area contributed by atoms with Crippen molar-refractivity contribution >= 4 is 11.6 Å². The van der Waals surface area contributed by atoms with Crippen LogP contribution in [0.3, 0.4) is 0 Å². The Hall–Kier alpha value is -3.03. The molecule has 26 heavy (non-hydrogen) atoms. The van der Waals surface area contributed by atoms with Crippen LogP contribution in [0.2, 0.25) is 0 Å². The second-order valence-electron chi connectivity index (χ2n) is 6.51. The van der Waals surface area contributed by atoms with Crippen LogP contribution < -0.4 is 9.80 Å². The van der Waals surface area contributed by atoms with Crippen LogP contribution in [-0.4, -0.2) is 55.9 Å². The van der Waals surface area contributed by atoms with Gasteiger partial charge in [0.25, 0.3) is 0 Å². The van der Waals surface area contributed by atoms with Crippen LogP contribution in [0, 0.1) is 20.8 Å². The third-order valence-corrected chi connectivity index (χ3v) is 4.52. The van der Waals surface area contributed by atoms with Crippen LogP contribution in [0.5, 0.6) is 0 Å². The first-order valence-corrected chi connectivity index (χ1v) is 8.75. The van der Waals surface area contributed by atoms with Crippen LogP contribution in [0.15, 0.2) is 30.7 Å². The molecule has 0 bridgehead atoms. The molecule has 1 fully saturated rings. The highest BCUT2D eigenvalue weighted by Crippen LogP contribution is 2.18. The predicted molar refractivity (Wildman–Crippen MR) is 99.8 cm³/mol. The molecule has 134 valence electrons. The smallest absolute Gasteiger partial charge is 0.174 e. The van der Waals surface area contributed by atoms with Crippen molar-refractivity contribution in [2.75, 3.05) is 36.0 Å². The zero-order valence-electron chi connectivity index (χ0n) is 15.3. The van der Waals surface area contributed by atoms with E-state index in [4.69, 9.17) is 4.98 Å². The molecular weight excluding hydrogens is 328 g/mol. The summed E-state index contributed by atoms with van der Waals surface area (Å²) in [5.41, 5.74) is 2.03. The molecule has 1 aliphatic heterocycles. The van der Waals surface area contributed by atoms with Gasteiger partial charge in [-0.15, -0.1) is 0 Å². The molecule has 8 nitrogen and oxygen atoms in total. The summed E-state index contributed by atoms with van der Waals surface area (Å²) in [6.45, 7) is 9.45. The SMILES string of the molecule is Cc1cc(C)n(-c2cncc(N3CCN(c4ccnc(C)n4)CC3)n2)n1. The van der Waals surface area contributed by atoms with Crippen molar-refractivity contribution in [3.63, 3.8) is 0 Å². The van der Waals surface area contributed by atoms with Crippen molar-refractivity contribution in [1.29, 1.82) is 0 Å². The third-order valence-electron chi connectivity index (χ3n) is 4.52. The molecule has 0 radical (unpaired) electrons. The topological polar surface area (TPSA) is 75.9 Å².